The minimum atomic E-state index is 0.474. The van der Waals surface area contributed by atoms with Crippen LogP contribution in [-0.2, 0) is 19.5 Å². The Balaban J connectivity index is 1.14. The average molecular weight is 432 g/mol. The van der Waals surface area contributed by atoms with Gasteiger partial charge in [-0.25, -0.2) is 4.68 Å². The molecule has 1 aromatic carbocycles. The molecule has 2 saturated carbocycles. The van der Waals surface area contributed by atoms with Crippen molar-refractivity contribution in [3.8, 4) is 5.69 Å². The first-order valence-corrected chi connectivity index (χ1v) is 11.3. The van der Waals surface area contributed by atoms with Gasteiger partial charge >= 0.3 is 0 Å². The minimum absolute atomic E-state index is 0.474. The lowest BCUT2D eigenvalue weighted by Gasteiger charge is -2.17. The molecule has 2 aliphatic carbocycles. The molecule has 0 radical (unpaired) electrons. The van der Waals surface area contributed by atoms with E-state index in [4.69, 9.17) is 9.05 Å². The van der Waals surface area contributed by atoms with E-state index in [2.05, 4.69) is 36.5 Å². The first-order chi connectivity index (χ1) is 15.8. The Kier molecular flexibility index (Phi) is 5.03. The fourth-order valence-corrected chi connectivity index (χ4v) is 3.77. The molecule has 3 heterocycles. The lowest BCUT2D eigenvalue weighted by molar-refractivity contribution is 0.195. The van der Waals surface area contributed by atoms with Crippen LogP contribution in [0.5, 0.6) is 0 Å². The number of hydrogen-bond acceptors (Lipinski definition) is 8. The van der Waals surface area contributed by atoms with E-state index < -0.39 is 0 Å². The van der Waals surface area contributed by atoms with Crippen LogP contribution in [-0.4, -0.2) is 41.5 Å². The van der Waals surface area contributed by atoms with Crippen LogP contribution in [0.25, 0.3) is 5.69 Å². The van der Waals surface area contributed by atoms with Crippen molar-refractivity contribution in [3.63, 3.8) is 0 Å². The van der Waals surface area contributed by atoms with Crippen LogP contribution in [0, 0.1) is 0 Å². The zero-order valence-electron chi connectivity index (χ0n) is 17.8. The van der Waals surface area contributed by atoms with E-state index >= 15 is 0 Å². The van der Waals surface area contributed by atoms with Crippen molar-refractivity contribution in [2.75, 3.05) is 6.54 Å². The van der Waals surface area contributed by atoms with Gasteiger partial charge in [0.2, 0.25) is 11.8 Å². The smallest absolute Gasteiger partial charge is 0.240 e. The third-order valence-electron chi connectivity index (χ3n) is 5.94. The molecule has 0 unspecified atom stereocenters. The molecule has 0 N–H and O–H groups in total. The molecule has 0 amide bonds. The van der Waals surface area contributed by atoms with Crippen molar-refractivity contribution < 1.29 is 9.05 Å². The predicted octanol–water partition coefficient (Wildman–Crippen LogP) is 3.64. The number of rotatable bonds is 10. The Labute approximate surface area is 185 Å². The lowest BCUT2D eigenvalue weighted by Crippen LogP contribution is -2.25. The highest BCUT2D eigenvalue weighted by molar-refractivity contribution is 5.30. The molecule has 9 nitrogen and oxygen atoms in total. The summed E-state index contributed by atoms with van der Waals surface area (Å²) >= 11 is 0. The molecule has 0 saturated heterocycles. The van der Waals surface area contributed by atoms with Crippen LogP contribution in [0.1, 0.15) is 66.5 Å². The molecule has 2 fully saturated rings. The molecule has 4 aromatic rings. The summed E-state index contributed by atoms with van der Waals surface area (Å²) < 4.78 is 12.9. The first kappa shape index (κ1) is 19.4. The van der Waals surface area contributed by atoms with Gasteiger partial charge in [-0.15, -0.1) is 0 Å². The SMILES string of the molecule is c1ccc(-n2cc(CCN(Cc3nc(C4CC4)no3)Cc3nc(C4CC4)no3)cn2)cc1. The van der Waals surface area contributed by atoms with Crippen LogP contribution in [0.4, 0.5) is 0 Å². The molecule has 3 aromatic heterocycles. The number of aromatic nitrogens is 6. The van der Waals surface area contributed by atoms with E-state index in [1.54, 1.807) is 0 Å². The second-order valence-electron chi connectivity index (χ2n) is 8.73. The van der Waals surface area contributed by atoms with Crippen molar-refractivity contribution in [1.29, 1.82) is 0 Å². The molecule has 0 spiro atoms. The Hall–Kier alpha value is -3.33. The summed E-state index contributed by atoms with van der Waals surface area (Å²) in [7, 11) is 0. The van der Waals surface area contributed by atoms with Gasteiger partial charge in [0.05, 0.1) is 25.0 Å². The van der Waals surface area contributed by atoms with Crippen LogP contribution in [0.15, 0.2) is 51.8 Å². The van der Waals surface area contributed by atoms with E-state index in [0.717, 1.165) is 61.5 Å². The Morgan fingerprint density at radius 1 is 0.875 bits per heavy atom. The Bertz CT molecular complexity index is 1120. The van der Waals surface area contributed by atoms with Crippen molar-refractivity contribution in [2.24, 2.45) is 0 Å². The summed E-state index contributed by atoms with van der Waals surface area (Å²) in [5.41, 5.74) is 2.21. The zero-order valence-corrected chi connectivity index (χ0v) is 17.8. The number of hydrogen-bond donors (Lipinski definition) is 0. The van der Waals surface area contributed by atoms with Gasteiger partial charge in [-0.05, 0) is 49.8 Å². The summed E-state index contributed by atoms with van der Waals surface area (Å²) in [5.74, 6) is 3.88. The van der Waals surface area contributed by atoms with Crippen LogP contribution in [0.3, 0.4) is 0 Å². The number of benzene rings is 1. The fourth-order valence-electron chi connectivity index (χ4n) is 3.77. The van der Waals surface area contributed by atoms with E-state index in [9.17, 15) is 0 Å². The van der Waals surface area contributed by atoms with Crippen molar-refractivity contribution >= 4 is 0 Å². The van der Waals surface area contributed by atoms with Gasteiger partial charge in [0, 0.05) is 24.6 Å². The quantitative estimate of drug-likeness (QED) is 0.375. The van der Waals surface area contributed by atoms with Gasteiger partial charge in [-0.2, -0.15) is 15.1 Å². The van der Waals surface area contributed by atoms with Crippen LogP contribution in [0.2, 0.25) is 0 Å². The molecule has 32 heavy (non-hydrogen) atoms. The maximum absolute atomic E-state index is 5.52. The maximum atomic E-state index is 5.52. The summed E-state index contributed by atoms with van der Waals surface area (Å²) in [6, 6.07) is 10.1. The van der Waals surface area contributed by atoms with E-state index in [1.807, 2.05) is 41.2 Å². The van der Waals surface area contributed by atoms with E-state index in [-0.39, 0.29) is 0 Å². The van der Waals surface area contributed by atoms with Crippen molar-refractivity contribution in [1.82, 2.24) is 35.0 Å². The summed E-state index contributed by atoms with van der Waals surface area (Å²) in [5, 5.41) is 12.8. The highest BCUT2D eigenvalue weighted by Gasteiger charge is 2.30. The van der Waals surface area contributed by atoms with Crippen molar-refractivity contribution in [2.45, 2.75) is 57.0 Å². The van der Waals surface area contributed by atoms with E-state index in [0.29, 0.717) is 36.7 Å². The predicted molar refractivity (Wildman–Crippen MR) is 114 cm³/mol. The fraction of sp³-hybridized carbons (Fsp3) is 0.435. The highest BCUT2D eigenvalue weighted by atomic mass is 16.5. The van der Waals surface area contributed by atoms with Gasteiger partial charge in [0.1, 0.15) is 0 Å². The maximum Gasteiger partial charge on any atom is 0.240 e. The molecule has 0 aliphatic heterocycles. The largest absolute Gasteiger partial charge is 0.338 e. The molecule has 9 heteroatoms. The van der Waals surface area contributed by atoms with Gasteiger partial charge < -0.3 is 9.05 Å². The molecular weight excluding hydrogens is 406 g/mol. The Morgan fingerprint density at radius 2 is 1.50 bits per heavy atom. The molecule has 0 atom stereocenters. The first-order valence-electron chi connectivity index (χ1n) is 11.3. The second-order valence-corrected chi connectivity index (χ2v) is 8.73. The lowest BCUT2D eigenvalue weighted by atomic mass is 10.2. The van der Waals surface area contributed by atoms with Gasteiger partial charge in [0.15, 0.2) is 11.6 Å². The number of para-hydroxylation sites is 1. The van der Waals surface area contributed by atoms with Crippen LogP contribution >= 0.6 is 0 Å². The summed E-state index contributed by atoms with van der Waals surface area (Å²) in [6.45, 7) is 1.88. The normalized spacial score (nSPS) is 16.2. The number of nitrogens with zero attached hydrogens (tertiary/aromatic N) is 7. The molecule has 0 bridgehead atoms. The zero-order chi connectivity index (χ0) is 21.3. The minimum Gasteiger partial charge on any atom is -0.338 e. The molecular formula is C23H25N7O2. The molecule has 164 valence electrons. The molecule has 6 rings (SSSR count). The van der Waals surface area contributed by atoms with Gasteiger partial charge in [-0.3, -0.25) is 4.90 Å². The average Bonchev–Trinajstić information content (AvgIpc) is 3.71. The van der Waals surface area contributed by atoms with Crippen LogP contribution < -0.4 is 0 Å². The summed E-state index contributed by atoms with van der Waals surface area (Å²) in [4.78, 5) is 11.4. The third kappa shape index (κ3) is 4.47. The van der Waals surface area contributed by atoms with E-state index in [1.165, 1.54) is 0 Å². The summed E-state index contributed by atoms with van der Waals surface area (Å²) in [6.07, 6.45) is 9.43. The monoisotopic (exact) mass is 431 g/mol. The highest BCUT2D eigenvalue weighted by Crippen LogP contribution is 2.39. The van der Waals surface area contributed by atoms with Gasteiger partial charge in [-0.1, -0.05) is 28.5 Å². The standard InChI is InChI=1S/C23H25N7O2/c1-2-4-19(5-3-1)30-13-16(12-24-30)10-11-29(14-20-25-22(27-31-20)17-6-7-17)15-21-26-23(28-32-21)18-8-9-18/h1-5,12-13,17-18H,6-11,14-15H2. The second kappa shape index (κ2) is 8.31. The van der Waals surface area contributed by atoms with Crippen molar-refractivity contribution in [3.05, 3.63) is 71.7 Å². The molecule has 2 aliphatic rings. The topological polar surface area (TPSA) is 98.9 Å². The third-order valence-corrected chi connectivity index (χ3v) is 5.94. The Morgan fingerprint density at radius 3 is 2.09 bits per heavy atom. The van der Waals surface area contributed by atoms with Gasteiger partial charge in [0.25, 0.3) is 0 Å².